The van der Waals surface area contributed by atoms with E-state index >= 15 is 0 Å². The van der Waals surface area contributed by atoms with E-state index in [9.17, 15) is 17.6 Å². The zero-order valence-corrected chi connectivity index (χ0v) is 16.6. The molecule has 0 fully saturated rings. The van der Waals surface area contributed by atoms with Crippen molar-refractivity contribution in [1.82, 2.24) is 14.1 Å². The van der Waals surface area contributed by atoms with E-state index in [4.69, 9.17) is 4.74 Å². The van der Waals surface area contributed by atoms with Gasteiger partial charge in [-0.15, -0.1) is 0 Å². The number of amides is 2. The number of carbonyl (C=O) groups is 1. The molecular formula is C15H20FN5O4S2. The molecule has 0 radical (unpaired) electrons. The third-order valence-corrected chi connectivity index (χ3v) is 4.28. The van der Waals surface area contributed by atoms with Crippen LogP contribution in [0.1, 0.15) is 19.7 Å². The van der Waals surface area contributed by atoms with E-state index in [-0.39, 0.29) is 29.2 Å². The maximum absolute atomic E-state index is 13.4. The molecule has 0 atom stereocenters. The Morgan fingerprint density at radius 3 is 2.74 bits per heavy atom. The van der Waals surface area contributed by atoms with Crippen LogP contribution in [0.4, 0.5) is 20.0 Å². The third-order valence-electron chi connectivity index (χ3n) is 2.95. The molecule has 27 heavy (non-hydrogen) atoms. The quantitative estimate of drug-likeness (QED) is 0.606. The van der Waals surface area contributed by atoms with Crippen molar-refractivity contribution in [1.29, 1.82) is 0 Å². The number of nitrogens with zero attached hydrogens (tertiary/aromatic N) is 2. The number of anilines is 2. The van der Waals surface area contributed by atoms with E-state index in [2.05, 4.69) is 24.7 Å². The number of benzene rings is 1. The zero-order valence-electron chi connectivity index (χ0n) is 14.9. The van der Waals surface area contributed by atoms with Crippen molar-refractivity contribution in [3.05, 3.63) is 29.8 Å². The Labute approximate surface area is 160 Å². The second-order valence-electron chi connectivity index (χ2n) is 6.03. The topological polar surface area (TPSA) is 122 Å². The highest BCUT2D eigenvalue weighted by molar-refractivity contribution is 7.88. The average Bonchev–Trinajstić information content (AvgIpc) is 3.00. The van der Waals surface area contributed by atoms with E-state index in [1.165, 1.54) is 18.2 Å². The maximum atomic E-state index is 13.4. The molecule has 0 aliphatic rings. The van der Waals surface area contributed by atoms with Gasteiger partial charge in [-0.1, -0.05) is 13.8 Å². The van der Waals surface area contributed by atoms with Gasteiger partial charge in [0, 0.05) is 17.6 Å². The van der Waals surface area contributed by atoms with Crippen molar-refractivity contribution in [3.63, 3.8) is 0 Å². The maximum Gasteiger partial charge on any atom is 0.325 e. The van der Waals surface area contributed by atoms with Gasteiger partial charge in [0.05, 0.1) is 25.1 Å². The summed E-state index contributed by atoms with van der Waals surface area (Å²) in [6, 6.07) is 3.18. The molecule has 0 aliphatic heterocycles. The molecule has 0 bridgehead atoms. The van der Waals surface area contributed by atoms with Crippen molar-refractivity contribution in [2.45, 2.75) is 20.4 Å². The first-order valence-corrected chi connectivity index (χ1v) is 10.6. The summed E-state index contributed by atoms with van der Waals surface area (Å²) in [7, 11) is -3.37. The SMILES string of the molecule is CC(C)COc1cc(F)ccc1NC(=O)Nc1nc(CNS(C)(=O)=O)ns1. The fraction of sp³-hybridized carbons (Fsp3) is 0.400. The van der Waals surface area contributed by atoms with Gasteiger partial charge in [0.15, 0.2) is 5.82 Å². The van der Waals surface area contributed by atoms with Crippen LogP contribution in [0.25, 0.3) is 0 Å². The molecule has 0 saturated carbocycles. The third kappa shape index (κ3) is 7.45. The highest BCUT2D eigenvalue weighted by atomic mass is 32.2. The van der Waals surface area contributed by atoms with Gasteiger partial charge < -0.3 is 10.1 Å². The predicted molar refractivity (Wildman–Crippen MR) is 101 cm³/mol. The molecule has 148 valence electrons. The van der Waals surface area contributed by atoms with Crippen molar-refractivity contribution >= 4 is 38.4 Å². The molecule has 2 amide bonds. The van der Waals surface area contributed by atoms with Crippen molar-refractivity contribution in [3.8, 4) is 5.75 Å². The minimum atomic E-state index is -3.37. The number of urea groups is 1. The van der Waals surface area contributed by atoms with Crippen LogP contribution in [-0.4, -0.2) is 36.7 Å². The Kier molecular flexibility index (Phi) is 7.05. The Hall–Kier alpha value is -2.31. The number of rotatable bonds is 8. The highest BCUT2D eigenvalue weighted by Crippen LogP contribution is 2.26. The van der Waals surface area contributed by atoms with Gasteiger partial charge in [-0.2, -0.15) is 4.37 Å². The Morgan fingerprint density at radius 2 is 2.07 bits per heavy atom. The van der Waals surface area contributed by atoms with Crippen molar-refractivity contribution in [2.75, 3.05) is 23.5 Å². The Bertz CT molecular complexity index is 901. The number of nitrogens with one attached hydrogen (secondary N) is 3. The monoisotopic (exact) mass is 417 g/mol. The molecule has 0 saturated heterocycles. The number of hydrogen-bond donors (Lipinski definition) is 3. The first-order valence-electron chi connectivity index (χ1n) is 7.90. The Morgan fingerprint density at radius 1 is 1.33 bits per heavy atom. The number of carbonyl (C=O) groups excluding carboxylic acids is 1. The van der Waals surface area contributed by atoms with Crippen LogP contribution in [-0.2, 0) is 16.6 Å². The van der Waals surface area contributed by atoms with Gasteiger partial charge in [0.25, 0.3) is 0 Å². The van der Waals surface area contributed by atoms with E-state index in [0.717, 1.165) is 17.8 Å². The fourth-order valence-electron chi connectivity index (χ4n) is 1.80. The van der Waals surface area contributed by atoms with Crippen LogP contribution in [0.2, 0.25) is 0 Å². The summed E-state index contributed by atoms with van der Waals surface area (Å²) in [5.74, 6) is 0.194. The van der Waals surface area contributed by atoms with E-state index in [0.29, 0.717) is 12.3 Å². The largest absolute Gasteiger partial charge is 0.491 e. The number of sulfonamides is 1. The molecule has 0 spiro atoms. The molecule has 1 aromatic heterocycles. The van der Waals surface area contributed by atoms with Crippen LogP contribution in [0.3, 0.4) is 0 Å². The molecule has 9 nitrogen and oxygen atoms in total. The lowest BCUT2D eigenvalue weighted by molar-refractivity contribution is 0.260. The summed E-state index contributed by atoms with van der Waals surface area (Å²) in [4.78, 5) is 16.1. The molecule has 2 aromatic rings. The second kappa shape index (κ2) is 9.06. The summed E-state index contributed by atoms with van der Waals surface area (Å²) in [5.41, 5.74) is 0.304. The number of aromatic nitrogens is 2. The molecule has 0 aliphatic carbocycles. The van der Waals surface area contributed by atoms with Crippen LogP contribution < -0.4 is 20.1 Å². The molecule has 12 heteroatoms. The van der Waals surface area contributed by atoms with E-state index in [1.54, 1.807) is 0 Å². The zero-order chi connectivity index (χ0) is 20.0. The lowest BCUT2D eigenvalue weighted by Gasteiger charge is -2.14. The lowest BCUT2D eigenvalue weighted by atomic mass is 10.2. The Balaban J connectivity index is 1.98. The van der Waals surface area contributed by atoms with Gasteiger partial charge in [-0.3, -0.25) is 5.32 Å². The van der Waals surface area contributed by atoms with Crippen LogP contribution in [0.15, 0.2) is 18.2 Å². The number of hydrogen-bond acceptors (Lipinski definition) is 7. The van der Waals surface area contributed by atoms with Gasteiger partial charge >= 0.3 is 6.03 Å². The number of halogens is 1. The molecule has 3 N–H and O–H groups in total. The highest BCUT2D eigenvalue weighted by Gasteiger charge is 2.13. The van der Waals surface area contributed by atoms with Gasteiger partial charge in [-0.25, -0.2) is 27.3 Å². The van der Waals surface area contributed by atoms with Gasteiger partial charge in [-0.05, 0) is 18.1 Å². The first kappa shape index (κ1) is 21.0. The van der Waals surface area contributed by atoms with Crippen LogP contribution >= 0.6 is 11.5 Å². The second-order valence-corrected chi connectivity index (χ2v) is 8.62. The summed E-state index contributed by atoms with van der Waals surface area (Å²) in [6.45, 7) is 4.19. The average molecular weight is 417 g/mol. The minimum Gasteiger partial charge on any atom is -0.491 e. The van der Waals surface area contributed by atoms with Crippen molar-refractivity contribution in [2.24, 2.45) is 5.92 Å². The molecule has 2 rings (SSSR count). The van der Waals surface area contributed by atoms with Crippen molar-refractivity contribution < 1.29 is 22.3 Å². The van der Waals surface area contributed by atoms with E-state index < -0.39 is 21.9 Å². The van der Waals surface area contributed by atoms with Gasteiger partial charge in [0.1, 0.15) is 11.6 Å². The summed E-state index contributed by atoms with van der Waals surface area (Å²) in [6.07, 6.45) is 1.02. The summed E-state index contributed by atoms with van der Waals surface area (Å²) in [5, 5.41) is 5.23. The summed E-state index contributed by atoms with van der Waals surface area (Å²) < 4.78 is 47.3. The standard InChI is InChI=1S/C15H20FN5O4S2/c1-9(2)8-25-12-6-10(16)4-5-11(12)18-14(22)20-15-19-13(21-26-15)7-17-27(3,23)24/h4-6,9,17H,7-8H2,1-3H3,(H2,18,19,20,21,22). The fourth-order valence-corrected chi connectivity index (χ4v) is 2.77. The van der Waals surface area contributed by atoms with Gasteiger partial charge in [0.2, 0.25) is 15.2 Å². The molecule has 1 aromatic carbocycles. The van der Waals surface area contributed by atoms with Crippen LogP contribution in [0, 0.1) is 11.7 Å². The molecular weight excluding hydrogens is 397 g/mol. The predicted octanol–water partition coefficient (Wildman–Crippen LogP) is 2.41. The molecule has 0 unspecified atom stereocenters. The smallest absolute Gasteiger partial charge is 0.325 e. The minimum absolute atomic E-state index is 0.0796. The lowest BCUT2D eigenvalue weighted by Crippen LogP contribution is -2.22. The summed E-state index contributed by atoms with van der Waals surface area (Å²) >= 11 is 0.901. The van der Waals surface area contributed by atoms with Crippen LogP contribution in [0.5, 0.6) is 5.75 Å². The first-order chi connectivity index (χ1) is 12.6. The normalized spacial score (nSPS) is 11.4. The molecule has 1 heterocycles. The number of ether oxygens (including phenoxy) is 1. The van der Waals surface area contributed by atoms with E-state index in [1.807, 2.05) is 13.8 Å².